The van der Waals surface area contributed by atoms with E-state index >= 15 is 0 Å². The quantitative estimate of drug-likeness (QED) is 0.674. The Labute approximate surface area is 134 Å². The lowest BCUT2D eigenvalue weighted by Crippen LogP contribution is -2.36. The Hall–Kier alpha value is -2.67. The lowest BCUT2D eigenvalue weighted by molar-refractivity contribution is -0.384. The molecule has 1 saturated heterocycles. The molecule has 0 aliphatic carbocycles. The number of nitrogens with one attached hydrogen (secondary N) is 1. The van der Waals surface area contributed by atoms with Gasteiger partial charge < -0.3 is 15.0 Å². The van der Waals surface area contributed by atoms with Crippen LogP contribution in [0.1, 0.15) is 5.56 Å². The van der Waals surface area contributed by atoms with Gasteiger partial charge in [0.15, 0.2) is 0 Å². The molecule has 2 aromatic rings. The van der Waals surface area contributed by atoms with Gasteiger partial charge in [0.25, 0.3) is 0 Å². The summed E-state index contributed by atoms with van der Waals surface area (Å²) >= 11 is 0. The molecule has 1 aromatic heterocycles. The molecule has 0 unspecified atom stereocenters. The summed E-state index contributed by atoms with van der Waals surface area (Å²) in [5, 5.41) is 14.1. The van der Waals surface area contributed by atoms with Crippen LogP contribution in [0.5, 0.6) is 0 Å². The van der Waals surface area contributed by atoms with Crippen molar-refractivity contribution in [1.82, 2.24) is 4.98 Å². The van der Waals surface area contributed by atoms with Crippen LogP contribution in [0.25, 0.3) is 0 Å². The van der Waals surface area contributed by atoms with Crippen LogP contribution >= 0.6 is 0 Å². The highest BCUT2D eigenvalue weighted by Crippen LogP contribution is 2.25. The Kier molecular flexibility index (Phi) is 4.68. The van der Waals surface area contributed by atoms with Gasteiger partial charge in [0.1, 0.15) is 0 Å². The van der Waals surface area contributed by atoms with E-state index in [-0.39, 0.29) is 11.5 Å². The molecular formula is C16H18N4O3. The molecule has 7 heteroatoms. The Morgan fingerprint density at radius 1 is 1.22 bits per heavy atom. The third-order valence-corrected chi connectivity index (χ3v) is 3.77. The molecule has 1 aliphatic heterocycles. The van der Waals surface area contributed by atoms with E-state index in [2.05, 4.69) is 21.3 Å². The second kappa shape index (κ2) is 7.06. The van der Waals surface area contributed by atoms with E-state index in [9.17, 15) is 10.1 Å². The predicted molar refractivity (Wildman–Crippen MR) is 87.7 cm³/mol. The number of ether oxygens (including phenoxy) is 1. The van der Waals surface area contributed by atoms with Gasteiger partial charge in [0.2, 0.25) is 5.82 Å². The zero-order chi connectivity index (χ0) is 16.1. The summed E-state index contributed by atoms with van der Waals surface area (Å²) in [5.74, 6) is 0.286. The largest absolute Gasteiger partial charge is 0.378 e. The van der Waals surface area contributed by atoms with Crippen molar-refractivity contribution in [2.24, 2.45) is 0 Å². The minimum atomic E-state index is -0.427. The predicted octanol–water partition coefficient (Wildman–Crippen LogP) is 2.44. The molecule has 0 atom stereocenters. The highest BCUT2D eigenvalue weighted by molar-refractivity contribution is 5.58. The van der Waals surface area contributed by atoms with Crippen LogP contribution < -0.4 is 10.2 Å². The van der Waals surface area contributed by atoms with Gasteiger partial charge in [0.05, 0.1) is 18.1 Å². The lowest BCUT2D eigenvalue weighted by atomic mass is 10.1. The number of rotatable bonds is 5. The molecule has 0 radical (unpaired) electrons. The van der Waals surface area contributed by atoms with Gasteiger partial charge in [-0.05, 0) is 17.7 Å². The number of hydrogen-bond acceptors (Lipinski definition) is 6. The number of aromatic nitrogens is 1. The fraction of sp³-hybridized carbons (Fsp3) is 0.312. The average molecular weight is 314 g/mol. The Balaban J connectivity index is 1.77. The first-order valence-corrected chi connectivity index (χ1v) is 7.49. The van der Waals surface area contributed by atoms with Crippen LogP contribution in [0, 0.1) is 10.1 Å². The van der Waals surface area contributed by atoms with Crippen molar-refractivity contribution in [2.75, 3.05) is 36.5 Å². The smallest absolute Gasteiger partial charge is 0.311 e. The molecule has 23 heavy (non-hydrogen) atoms. The van der Waals surface area contributed by atoms with Crippen LogP contribution in [0.3, 0.4) is 0 Å². The van der Waals surface area contributed by atoms with Gasteiger partial charge in [-0.1, -0.05) is 18.2 Å². The number of para-hydroxylation sites is 1. The highest BCUT2D eigenvalue weighted by Gasteiger charge is 2.16. The minimum Gasteiger partial charge on any atom is -0.378 e. The summed E-state index contributed by atoms with van der Waals surface area (Å²) < 4.78 is 5.39. The van der Waals surface area contributed by atoms with Crippen LogP contribution in [0.2, 0.25) is 0 Å². The summed E-state index contributed by atoms with van der Waals surface area (Å²) in [6.07, 6.45) is 1.54. The van der Waals surface area contributed by atoms with Gasteiger partial charge in [0, 0.05) is 37.6 Å². The highest BCUT2D eigenvalue weighted by atomic mass is 16.6. The van der Waals surface area contributed by atoms with E-state index in [0.717, 1.165) is 24.3 Å². The summed E-state index contributed by atoms with van der Waals surface area (Å²) in [5.41, 5.74) is 2.19. The number of nitro groups is 1. The number of benzene rings is 1. The zero-order valence-electron chi connectivity index (χ0n) is 12.6. The molecule has 0 bridgehead atoms. The molecule has 1 aromatic carbocycles. The van der Waals surface area contributed by atoms with Crippen LogP contribution in [-0.2, 0) is 11.3 Å². The first-order chi connectivity index (χ1) is 11.3. The van der Waals surface area contributed by atoms with E-state index < -0.39 is 4.92 Å². The number of pyridine rings is 1. The molecule has 1 aliphatic rings. The lowest BCUT2D eigenvalue weighted by Gasteiger charge is -2.30. The number of anilines is 2. The van der Waals surface area contributed by atoms with E-state index in [1.165, 1.54) is 6.07 Å². The maximum atomic E-state index is 11.1. The van der Waals surface area contributed by atoms with Crippen molar-refractivity contribution in [1.29, 1.82) is 0 Å². The third-order valence-electron chi connectivity index (χ3n) is 3.77. The molecule has 1 N–H and O–H groups in total. The van der Waals surface area contributed by atoms with Crippen molar-refractivity contribution < 1.29 is 9.66 Å². The number of morpholine rings is 1. The van der Waals surface area contributed by atoms with Crippen LogP contribution in [0.15, 0.2) is 42.6 Å². The van der Waals surface area contributed by atoms with Gasteiger partial charge in [-0.25, -0.2) is 4.98 Å². The monoisotopic (exact) mass is 314 g/mol. The maximum absolute atomic E-state index is 11.1. The molecule has 1 fully saturated rings. The molecular weight excluding hydrogens is 296 g/mol. The normalized spacial score (nSPS) is 14.5. The van der Waals surface area contributed by atoms with E-state index in [4.69, 9.17) is 4.74 Å². The molecule has 3 rings (SSSR count). The van der Waals surface area contributed by atoms with Gasteiger partial charge in [-0.15, -0.1) is 0 Å². The third kappa shape index (κ3) is 3.57. The first kappa shape index (κ1) is 15.2. The minimum absolute atomic E-state index is 0.0173. The fourth-order valence-corrected chi connectivity index (χ4v) is 2.63. The maximum Gasteiger partial charge on any atom is 0.311 e. The van der Waals surface area contributed by atoms with Crippen molar-refractivity contribution in [3.05, 3.63) is 58.3 Å². The van der Waals surface area contributed by atoms with Gasteiger partial charge in [-0.3, -0.25) is 10.1 Å². The van der Waals surface area contributed by atoms with Crippen LogP contribution in [0.4, 0.5) is 17.2 Å². The van der Waals surface area contributed by atoms with E-state index in [0.29, 0.717) is 19.8 Å². The summed E-state index contributed by atoms with van der Waals surface area (Å²) in [6.45, 7) is 3.60. The van der Waals surface area contributed by atoms with E-state index in [1.54, 1.807) is 12.3 Å². The zero-order valence-corrected chi connectivity index (χ0v) is 12.6. The van der Waals surface area contributed by atoms with Crippen molar-refractivity contribution >= 4 is 17.2 Å². The molecule has 0 saturated carbocycles. The van der Waals surface area contributed by atoms with Crippen LogP contribution in [-0.4, -0.2) is 36.2 Å². The molecule has 0 spiro atoms. The Morgan fingerprint density at radius 2 is 2.00 bits per heavy atom. The van der Waals surface area contributed by atoms with Crippen molar-refractivity contribution in [3.63, 3.8) is 0 Å². The molecule has 120 valence electrons. The molecule has 7 nitrogen and oxygen atoms in total. The van der Waals surface area contributed by atoms with Gasteiger partial charge >= 0.3 is 5.69 Å². The molecule has 2 heterocycles. The summed E-state index contributed by atoms with van der Waals surface area (Å²) in [4.78, 5) is 17.0. The summed E-state index contributed by atoms with van der Waals surface area (Å²) in [7, 11) is 0. The molecule has 0 amide bonds. The standard InChI is InChI=1S/C16H18N4O3/c21-20(22)15-6-3-7-17-16(15)18-12-13-4-1-2-5-14(13)19-8-10-23-11-9-19/h1-7H,8-12H2,(H,17,18). The number of nitrogens with zero attached hydrogens (tertiary/aromatic N) is 3. The number of hydrogen-bond donors (Lipinski definition) is 1. The van der Waals surface area contributed by atoms with Crippen molar-refractivity contribution in [3.8, 4) is 0 Å². The van der Waals surface area contributed by atoms with Crippen molar-refractivity contribution in [2.45, 2.75) is 6.54 Å². The van der Waals surface area contributed by atoms with Gasteiger partial charge in [-0.2, -0.15) is 0 Å². The second-order valence-corrected chi connectivity index (χ2v) is 5.21. The average Bonchev–Trinajstić information content (AvgIpc) is 2.61. The second-order valence-electron chi connectivity index (χ2n) is 5.21. The summed E-state index contributed by atoms with van der Waals surface area (Å²) in [6, 6.07) is 11.1. The first-order valence-electron chi connectivity index (χ1n) is 7.49. The topological polar surface area (TPSA) is 80.5 Å². The Morgan fingerprint density at radius 3 is 2.78 bits per heavy atom. The fourth-order valence-electron chi connectivity index (χ4n) is 2.63. The van der Waals surface area contributed by atoms with E-state index in [1.807, 2.05) is 18.2 Å². The Bertz CT molecular complexity index is 687. The SMILES string of the molecule is O=[N+]([O-])c1cccnc1NCc1ccccc1N1CCOCC1.